The average molecular weight is 418 g/mol. The second-order valence-electron chi connectivity index (χ2n) is 7.48. The molecule has 0 unspecified atom stereocenters. The molecule has 0 atom stereocenters. The van der Waals surface area contributed by atoms with E-state index in [9.17, 15) is 5.11 Å². The van der Waals surface area contributed by atoms with Crippen molar-refractivity contribution >= 4 is 0 Å². The van der Waals surface area contributed by atoms with Crippen LogP contribution in [0.25, 0.3) is 44.9 Å². The van der Waals surface area contributed by atoms with Crippen molar-refractivity contribution in [2.24, 2.45) is 0 Å². The van der Waals surface area contributed by atoms with E-state index in [-0.39, 0.29) is 11.3 Å². The van der Waals surface area contributed by atoms with E-state index in [1.165, 1.54) is 0 Å². The van der Waals surface area contributed by atoms with Crippen LogP contribution < -0.4 is 0 Å². The van der Waals surface area contributed by atoms with Gasteiger partial charge < -0.3 is 5.11 Å². The van der Waals surface area contributed by atoms with Gasteiger partial charge in [0.25, 0.3) is 0 Å². The second-order valence-corrected chi connectivity index (χ2v) is 7.48. The predicted octanol–water partition coefficient (Wildman–Crippen LogP) is 7.16. The summed E-state index contributed by atoms with van der Waals surface area (Å²) in [6, 6.07) is 31.6. The number of aryl methyl sites for hydroxylation is 1. The number of para-hydroxylation sites is 1. The van der Waals surface area contributed by atoms with Gasteiger partial charge in [0.05, 0.1) is 17.1 Å². The second kappa shape index (κ2) is 8.48. The first-order valence-electron chi connectivity index (χ1n) is 11.8. The van der Waals surface area contributed by atoms with Crippen LogP contribution in [0.1, 0.15) is 9.68 Å². The number of pyridine rings is 2. The molecule has 2 aromatic heterocycles. The first-order valence-corrected chi connectivity index (χ1v) is 10.3. The molecule has 5 aromatic rings. The number of hydrogen-bond donors (Lipinski definition) is 1. The van der Waals surface area contributed by atoms with Crippen LogP contribution in [-0.4, -0.2) is 15.1 Å². The Morgan fingerprint density at radius 3 is 2.28 bits per heavy atom. The fourth-order valence-electron chi connectivity index (χ4n) is 3.74. The molecule has 0 radical (unpaired) electrons. The molecule has 0 fully saturated rings. The summed E-state index contributed by atoms with van der Waals surface area (Å²) < 4.78 is 24.3. The molecule has 5 rings (SSSR count). The number of phenolic OH excluding ortho intramolecular Hbond substituents is 1. The van der Waals surface area contributed by atoms with Gasteiger partial charge in [-0.1, -0.05) is 60.7 Å². The minimum atomic E-state index is -2.30. The lowest BCUT2D eigenvalue weighted by Crippen LogP contribution is -1.92. The van der Waals surface area contributed by atoms with E-state index in [1.54, 1.807) is 30.5 Å². The van der Waals surface area contributed by atoms with Crippen LogP contribution in [0, 0.1) is 6.85 Å². The largest absolute Gasteiger partial charge is 0.507 e. The Kier molecular flexibility index (Phi) is 4.36. The fraction of sp³-hybridized carbons (Fsp3) is 0.0345. The minimum Gasteiger partial charge on any atom is -0.507 e. The molecule has 0 saturated carbocycles. The molecule has 0 aliphatic heterocycles. The fourth-order valence-corrected chi connectivity index (χ4v) is 3.74. The molecule has 3 aromatic carbocycles. The average Bonchev–Trinajstić information content (AvgIpc) is 2.89. The highest BCUT2D eigenvalue weighted by molar-refractivity contribution is 5.77. The van der Waals surface area contributed by atoms with Gasteiger partial charge in [-0.2, -0.15) is 0 Å². The Balaban J connectivity index is 1.63. The molecule has 0 amide bonds. The van der Waals surface area contributed by atoms with Crippen molar-refractivity contribution in [2.45, 2.75) is 6.85 Å². The summed E-state index contributed by atoms with van der Waals surface area (Å²) in [5.74, 6) is 0.150. The Morgan fingerprint density at radius 2 is 1.44 bits per heavy atom. The molecule has 0 aliphatic carbocycles. The molecule has 154 valence electrons. The Morgan fingerprint density at radius 1 is 0.625 bits per heavy atom. The topological polar surface area (TPSA) is 46.0 Å². The lowest BCUT2D eigenvalue weighted by Gasteiger charge is -2.11. The lowest BCUT2D eigenvalue weighted by molar-refractivity contribution is 0.477. The summed E-state index contributed by atoms with van der Waals surface area (Å²) in [4.78, 5) is 9.26. The van der Waals surface area contributed by atoms with Crippen molar-refractivity contribution in [3.63, 3.8) is 0 Å². The van der Waals surface area contributed by atoms with E-state index >= 15 is 0 Å². The Hall–Kier alpha value is -4.24. The van der Waals surface area contributed by atoms with Crippen molar-refractivity contribution in [1.82, 2.24) is 9.97 Å². The highest BCUT2D eigenvalue weighted by Crippen LogP contribution is 2.32. The smallest absolute Gasteiger partial charge is 0.124 e. The third kappa shape index (κ3) is 3.88. The van der Waals surface area contributed by atoms with Crippen LogP contribution in [0.2, 0.25) is 0 Å². The van der Waals surface area contributed by atoms with Crippen LogP contribution in [0.3, 0.4) is 0 Å². The van der Waals surface area contributed by atoms with Gasteiger partial charge in [0, 0.05) is 27.0 Å². The van der Waals surface area contributed by atoms with Gasteiger partial charge in [0.15, 0.2) is 0 Å². The van der Waals surface area contributed by atoms with E-state index in [4.69, 9.17) is 9.10 Å². The van der Waals surface area contributed by atoms with Gasteiger partial charge in [-0.15, -0.1) is 0 Å². The Labute approximate surface area is 191 Å². The van der Waals surface area contributed by atoms with Crippen molar-refractivity contribution in [2.75, 3.05) is 0 Å². The number of aromatic nitrogens is 2. The molecule has 0 aliphatic rings. The molecule has 1 N–H and O–H groups in total. The number of phenols is 1. The maximum absolute atomic E-state index is 10.3. The summed E-state index contributed by atoms with van der Waals surface area (Å²) in [7, 11) is 0. The normalized spacial score (nSPS) is 12.6. The van der Waals surface area contributed by atoms with Gasteiger partial charge >= 0.3 is 0 Å². The molecule has 2 heterocycles. The summed E-state index contributed by atoms with van der Waals surface area (Å²) in [6.45, 7) is -2.30. The highest BCUT2D eigenvalue weighted by Gasteiger charge is 2.11. The van der Waals surface area contributed by atoms with Gasteiger partial charge in [-0.25, -0.2) is 4.98 Å². The minimum absolute atomic E-state index is 0.150. The van der Waals surface area contributed by atoms with E-state index in [0.717, 1.165) is 16.7 Å². The number of hydrogen-bond acceptors (Lipinski definition) is 3. The first kappa shape index (κ1) is 16.5. The summed E-state index contributed by atoms with van der Waals surface area (Å²) >= 11 is 0. The van der Waals surface area contributed by atoms with E-state index in [0.29, 0.717) is 28.2 Å². The maximum atomic E-state index is 10.3. The van der Waals surface area contributed by atoms with E-state index in [1.807, 2.05) is 78.9 Å². The van der Waals surface area contributed by atoms with Gasteiger partial charge in [-0.05, 0) is 66.0 Å². The summed E-state index contributed by atoms with van der Waals surface area (Å²) in [5, 5.41) is 10.3. The highest BCUT2D eigenvalue weighted by atomic mass is 16.3. The third-order valence-corrected chi connectivity index (χ3v) is 5.39. The number of aromatic hydroxyl groups is 1. The summed E-state index contributed by atoms with van der Waals surface area (Å²) in [6.07, 6.45) is 1.70. The molecule has 3 nitrogen and oxygen atoms in total. The molecule has 3 heteroatoms. The third-order valence-electron chi connectivity index (χ3n) is 5.39. The molecule has 0 spiro atoms. The number of rotatable bonds is 4. The van der Waals surface area contributed by atoms with Gasteiger partial charge in [0.1, 0.15) is 5.75 Å². The number of nitrogens with zero attached hydrogens (tertiary/aromatic N) is 2. The monoisotopic (exact) mass is 417 g/mol. The quantitative estimate of drug-likeness (QED) is 0.337. The van der Waals surface area contributed by atoms with Crippen LogP contribution in [0.5, 0.6) is 5.75 Å². The number of benzene rings is 3. The van der Waals surface area contributed by atoms with E-state index < -0.39 is 6.85 Å². The Bertz CT molecular complexity index is 1500. The zero-order valence-electron chi connectivity index (χ0n) is 20.2. The lowest BCUT2D eigenvalue weighted by atomic mass is 9.97. The summed E-state index contributed by atoms with van der Waals surface area (Å²) in [5.41, 5.74) is 6.02. The molecule has 32 heavy (non-hydrogen) atoms. The van der Waals surface area contributed by atoms with Crippen molar-refractivity contribution < 1.29 is 9.22 Å². The van der Waals surface area contributed by atoms with E-state index in [2.05, 4.69) is 4.98 Å². The van der Waals surface area contributed by atoms with Crippen molar-refractivity contribution in [3.8, 4) is 50.6 Å². The van der Waals surface area contributed by atoms with Gasteiger partial charge in [0.2, 0.25) is 0 Å². The molecular weight excluding hydrogens is 392 g/mol. The van der Waals surface area contributed by atoms with Crippen molar-refractivity contribution in [1.29, 1.82) is 0 Å². The van der Waals surface area contributed by atoms with Crippen LogP contribution in [-0.2, 0) is 0 Å². The first-order chi connectivity index (χ1) is 16.9. The van der Waals surface area contributed by atoms with Crippen LogP contribution in [0.15, 0.2) is 109 Å². The predicted molar refractivity (Wildman–Crippen MR) is 130 cm³/mol. The standard InChI is InChI=1S/C29H22N2O/c1-20-14-15-23(26-11-7-12-27(31-26)24-10-5-6-13-29(24)32)18-25(20)28-19-22(16-17-30-28)21-8-3-2-4-9-21/h2-19,32H,1H3/i1D3. The van der Waals surface area contributed by atoms with Crippen molar-refractivity contribution in [3.05, 3.63) is 115 Å². The maximum Gasteiger partial charge on any atom is 0.124 e. The van der Waals surface area contributed by atoms with Gasteiger partial charge in [-0.3, -0.25) is 4.98 Å². The van der Waals surface area contributed by atoms with Crippen LogP contribution >= 0.6 is 0 Å². The zero-order chi connectivity index (χ0) is 24.4. The molecule has 0 saturated heterocycles. The zero-order valence-corrected chi connectivity index (χ0v) is 17.2. The molecular formula is C29H22N2O. The SMILES string of the molecule is [2H]C([2H])([2H])c1ccc(-c2cccc(-c3ccccc3O)n2)cc1-c1cc(-c2ccccc2)ccn1. The van der Waals surface area contributed by atoms with Crippen LogP contribution in [0.4, 0.5) is 0 Å². The molecule has 0 bridgehead atoms.